The molecule has 8 nitrogen and oxygen atoms in total. The number of nitrogens with one attached hydrogen (secondary N) is 1. The Hall–Kier alpha value is -3.62. The van der Waals surface area contributed by atoms with Crippen molar-refractivity contribution in [3.63, 3.8) is 0 Å². The number of piperidine rings is 1. The molecule has 1 aromatic heterocycles. The van der Waals surface area contributed by atoms with Crippen LogP contribution < -0.4 is 5.32 Å². The van der Waals surface area contributed by atoms with Gasteiger partial charge in [0.25, 0.3) is 11.8 Å². The van der Waals surface area contributed by atoms with Gasteiger partial charge in [-0.3, -0.25) is 19.3 Å². The highest BCUT2D eigenvalue weighted by Crippen LogP contribution is 2.39. The molecule has 0 aliphatic carbocycles. The van der Waals surface area contributed by atoms with Crippen LogP contribution in [0.25, 0.3) is 0 Å². The van der Waals surface area contributed by atoms with E-state index in [-0.39, 0.29) is 30.9 Å². The molecule has 1 spiro atoms. The molecule has 5 rings (SSSR count). The van der Waals surface area contributed by atoms with E-state index in [0.717, 1.165) is 5.56 Å². The highest BCUT2D eigenvalue weighted by molar-refractivity contribution is 6.33. The summed E-state index contributed by atoms with van der Waals surface area (Å²) >= 11 is 6.25. The molecule has 0 saturated carbocycles. The van der Waals surface area contributed by atoms with Gasteiger partial charge in [-0.15, -0.1) is 0 Å². The molecule has 0 radical (unpaired) electrons. The molecule has 2 aliphatic rings. The minimum Gasteiger partial charge on any atom is -0.467 e. The Kier molecular flexibility index (Phi) is 7.04. The quantitative estimate of drug-likeness (QED) is 0.547. The van der Waals surface area contributed by atoms with Crippen LogP contribution in [0, 0.1) is 6.92 Å². The third kappa shape index (κ3) is 4.99. The second kappa shape index (κ2) is 10.4. The number of amides is 3. The number of likely N-dealkylation sites (tertiary alicyclic amines) is 1. The van der Waals surface area contributed by atoms with Crippen LogP contribution in [0.15, 0.2) is 71.3 Å². The van der Waals surface area contributed by atoms with Crippen molar-refractivity contribution in [2.45, 2.75) is 38.1 Å². The lowest BCUT2D eigenvalue weighted by atomic mass is 9.95. The summed E-state index contributed by atoms with van der Waals surface area (Å²) in [5.41, 5.74) is 0.878. The van der Waals surface area contributed by atoms with E-state index in [4.69, 9.17) is 20.8 Å². The molecule has 2 fully saturated rings. The van der Waals surface area contributed by atoms with Gasteiger partial charge in [0.1, 0.15) is 17.5 Å². The zero-order valence-corrected chi connectivity index (χ0v) is 21.2. The van der Waals surface area contributed by atoms with Crippen LogP contribution in [0.3, 0.4) is 0 Å². The van der Waals surface area contributed by atoms with Gasteiger partial charge in [-0.25, -0.2) is 0 Å². The Labute approximate surface area is 220 Å². The number of halogens is 1. The van der Waals surface area contributed by atoms with Crippen molar-refractivity contribution in [3.05, 3.63) is 94.4 Å². The Morgan fingerprint density at radius 1 is 1.03 bits per heavy atom. The number of carbonyl (C=O) groups is 3. The predicted molar refractivity (Wildman–Crippen MR) is 137 cm³/mol. The molecule has 37 heavy (non-hydrogen) atoms. The number of carbonyl (C=O) groups excluding carboxylic acids is 3. The van der Waals surface area contributed by atoms with Gasteiger partial charge in [-0.05, 0) is 43.3 Å². The van der Waals surface area contributed by atoms with Crippen molar-refractivity contribution >= 4 is 29.3 Å². The molecular formula is C28H28ClN3O5. The van der Waals surface area contributed by atoms with Gasteiger partial charge >= 0.3 is 0 Å². The number of furan rings is 1. The van der Waals surface area contributed by atoms with Crippen molar-refractivity contribution in [1.82, 2.24) is 15.1 Å². The first-order valence-electron chi connectivity index (χ1n) is 12.3. The fraction of sp³-hybridized carbons (Fsp3) is 0.321. The van der Waals surface area contributed by atoms with E-state index in [1.807, 2.05) is 25.1 Å². The maximum atomic E-state index is 13.9. The van der Waals surface area contributed by atoms with E-state index in [0.29, 0.717) is 47.8 Å². The van der Waals surface area contributed by atoms with Gasteiger partial charge in [0.05, 0.1) is 30.0 Å². The van der Waals surface area contributed by atoms with Gasteiger partial charge < -0.3 is 19.4 Å². The summed E-state index contributed by atoms with van der Waals surface area (Å²) in [4.78, 5) is 43.5. The first kappa shape index (κ1) is 25.0. The highest BCUT2D eigenvalue weighted by Gasteiger charge is 2.54. The van der Waals surface area contributed by atoms with Crippen molar-refractivity contribution in [2.24, 2.45) is 0 Å². The Morgan fingerprint density at radius 3 is 2.51 bits per heavy atom. The number of ether oxygens (including phenoxy) is 1. The van der Waals surface area contributed by atoms with E-state index >= 15 is 0 Å². The van der Waals surface area contributed by atoms with Crippen LogP contribution in [0.5, 0.6) is 0 Å². The minimum absolute atomic E-state index is 0.0694. The lowest BCUT2D eigenvalue weighted by molar-refractivity contribution is -0.128. The molecule has 192 valence electrons. The van der Waals surface area contributed by atoms with Gasteiger partial charge in [0, 0.05) is 31.5 Å². The third-order valence-corrected chi connectivity index (χ3v) is 7.33. The average molecular weight is 522 g/mol. The second-order valence-electron chi connectivity index (χ2n) is 9.39. The largest absolute Gasteiger partial charge is 0.467 e. The van der Waals surface area contributed by atoms with Crippen molar-refractivity contribution in [2.75, 3.05) is 19.7 Å². The molecule has 2 aromatic carbocycles. The van der Waals surface area contributed by atoms with Crippen LogP contribution >= 0.6 is 11.6 Å². The first-order chi connectivity index (χ1) is 17.9. The minimum atomic E-state index is -0.995. The normalized spacial score (nSPS) is 18.7. The average Bonchev–Trinajstić information content (AvgIpc) is 3.56. The smallest absolute Gasteiger partial charge is 0.256 e. The molecule has 0 bridgehead atoms. The van der Waals surface area contributed by atoms with Crippen LogP contribution in [0.2, 0.25) is 5.02 Å². The first-order valence-corrected chi connectivity index (χ1v) is 12.6. The molecule has 2 saturated heterocycles. The summed E-state index contributed by atoms with van der Waals surface area (Å²) in [7, 11) is 0. The zero-order valence-electron chi connectivity index (χ0n) is 20.5. The van der Waals surface area contributed by atoms with E-state index in [1.54, 1.807) is 58.5 Å². The molecular weight excluding hydrogens is 494 g/mol. The SMILES string of the molecule is Cc1cccc(C(=O)N2C(C(=O)NCc3ccco3)COC23CCN(C(=O)c2ccccc2Cl)CC3)c1. The van der Waals surface area contributed by atoms with Gasteiger partial charge in [0.2, 0.25) is 5.91 Å². The standard InChI is InChI=1S/C28H28ClN3O5/c1-19-6-4-7-20(16-19)26(34)32-24(25(33)30-17-21-8-5-15-36-21)18-37-28(32)11-13-31(14-12-28)27(35)22-9-2-3-10-23(22)29/h2-10,15-16,24H,11-14,17-18H2,1H3,(H,30,33). The molecule has 1 unspecified atom stereocenters. The summed E-state index contributed by atoms with van der Waals surface area (Å²) in [6.45, 7) is 2.92. The Balaban J connectivity index is 1.38. The molecule has 9 heteroatoms. The molecule has 3 amide bonds. The Morgan fingerprint density at radius 2 is 1.81 bits per heavy atom. The van der Waals surface area contributed by atoms with E-state index in [2.05, 4.69) is 5.32 Å². The van der Waals surface area contributed by atoms with Crippen LogP contribution in [0.4, 0.5) is 0 Å². The van der Waals surface area contributed by atoms with E-state index in [1.165, 1.54) is 0 Å². The zero-order chi connectivity index (χ0) is 26.0. The number of hydrogen-bond acceptors (Lipinski definition) is 5. The fourth-order valence-corrected chi connectivity index (χ4v) is 5.27. The van der Waals surface area contributed by atoms with E-state index < -0.39 is 11.8 Å². The van der Waals surface area contributed by atoms with Gasteiger partial charge in [-0.2, -0.15) is 0 Å². The van der Waals surface area contributed by atoms with Crippen LogP contribution in [-0.4, -0.2) is 59.0 Å². The lowest BCUT2D eigenvalue weighted by Gasteiger charge is -2.44. The number of benzene rings is 2. The third-order valence-electron chi connectivity index (χ3n) is 7.00. The number of rotatable bonds is 5. The summed E-state index contributed by atoms with van der Waals surface area (Å²) in [5.74, 6) is -0.137. The summed E-state index contributed by atoms with van der Waals surface area (Å²) in [5, 5.41) is 3.26. The second-order valence-corrected chi connectivity index (χ2v) is 9.79. The topological polar surface area (TPSA) is 92.1 Å². The van der Waals surface area contributed by atoms with Crippen LogP contribution in [0.1, 0.15) is 44.9 Å². The van der Waals surface area contributed by atoms with Crippen molar-refractivity contribution < 1.29 is 23.5 Å². The molecule has 3 aromatic rings. The monoisotopic (exact) mass is 521 g/mol. The van der Waals surface area contributed by atoms with Gasteiger partial charge in [0.15, 0.2) is 0 Å². The molecule has 1 atom stereocenters. The summed E-state index contributed by atoms with van der Waals surface area (Å²) < 4.78 is 11.6. The number of nitrogens with zero attached hydrogens (tertiary/aromatic N) is 2. The number of hydrogen-bond donors (Lipinski definition) is 1. The maximum Gasteiger partial charge on any atom is 0.256 e. The molecule has 2 aliphatic heterocycles. The van der Waals surface area contributed by atoms with Crippen LogP contribution in [-0.2, 0) is 16.1 Å². The molecule has 3 heterocycles. The summed E-state index contributed by atoms with van der Waals surface area (Å²) in [6.07, 6.45) is 2.30. The van der Waals surface area contributed by atoms with E-state index in [9.17, 15) is 14.4 Å². The predicted octanol–water partition coefficient (Wildman–Crippen LogP) is 4.03. The summed E-state index contributed by atoms with van der Waals surface area (Å²) in [6, 6.07) is 17.0. The Bertz CT molecular complexity index is 1300. The van der Waals surface area contributed by atoms with Gasteiger partial charge in [-0.1, -0.05) is 41.4 Å². The highest BCUT2D eigenvalue weighted by atomic mass is 35.5. The fourth-order valence-electron chi connectivity index (χ4n) is 5.05. The van der Waals surface area contributed by atoms with Crippen molar-refractivity contribution in [3.8, 4) is 0 Å². The molecule has 1 N–H and O–H groups in total. The van der Waals surface area contributed by atoms with Crippen molar-refractivity contribution in [1.29, 1.82) is 0 Å². The maximum absolute atomic E-state index is 13.9. The lowest BCUT2D eigenvalue weighted by Crippen LogP contribution is -2.59. The number of aryl methyl sites for hydroxylation is 1.